The van der Waals surface area contributed by atoms with Gasteiger partial charge in [0.15, 0.2) is 18.9 Å². The highest BCUT2D eigenvalue weighted by Gasteiger charge is 2.53. The third kappa shape index (κ3) is 4.49. The summed E-state index contributed by atoms with van der Waals surface area (Å²) in [5, 5.41) is 50.6. The summed E-state index contributed by atoms with van der Waals surface area (Å²) in [5.74, 6) is 0. The van der Waals surface area contributed by atoms with Gasteiger partial charge in [0, 0.05) is 12.7 Å². The molecule has 5 N–H and O–H groups in total. The molecule has 0 radical (unpaired) electrons. The number of benzene rings is 1. The predicted octanol–water partition coefficient (Wildman–Crippen LogP) is -1.98. The molecule has 3 saturated heterocycles. The molecule has 0 bridgehead atoms. The zero-order chi connectivity index (χ0) is 22.1. The summed E-state index contributed by atoms with van der Waals surface area (Å²) in [7, 11) is 1.36. The molecule has 3 fully saturated rings. The van der Waals surface area contributed by atoms with Crippen molar-refractivity contribution >= 4 is 0 Å². The summed E-state index contributed by atoms with van der Waals surface area (Å²) < 4.78 is 34.0. The second-order valence-electron chi connectivity index (χ2n) is 7.74. The van der Waals surface area contributed by atoms with Gasteiger partial charge in [-0.15, -0.1) is 0 Å². The van der Waals surface area contributed by atoms with E-state index in [0.29, 0.717) is 0 Å². The van der Waals surface area contributed by atoms with Gasteiger partial charge in [0.25, 0.3) is 0 Å². The Kier molecular flexibility index (Phi) is 7.20. The first kappa shape index (κ1) is 23.0. The van der Waals surface area contributed by atoms with Crippen LogP contribution in [0.2, 0.25) is 0 Å². The predicted molar refractivity (Wildman–Crippen MR) is 100 cm³/mol. The van der Waals surface area contributed by atoms with Crippen LogP contribution in [0.4, 0.5) is 0 Å². The minimum atomic E-state index is -1.63. The normalized spacial score (nSPS) is 45.8. The molecule has 1 aromatic carbocycles. The second kappa shape index (κ2) is 9.73. The third-order valence-corrected chi connectivity index (χ3v) is 5.75. The highest BCUT2D eigenvalue weighted by molar-refractivity contribution is 5.16. The number of fused-ring (bicyclic) bond motifs is 1. The van der Waals surface area contributed by atoms with Gasteiger partial charge in [0.2, 0.25) is 0 Å². The van der Waals surface area contributed by atoms with E-state index < -0.39 is 74.3 Å². The monoisotopic (exact) mass is 444 g/mol. The van der Waals surface area contributed by atoms with Gasteiger partial charge in [-0.05, 0) is 0 Å². The Morgan fingerprint density at radius 1 is 0.903 bits per heavy atom. The molecule has 11 atom stereocenters. The number of hydrogen-bond donors (Lipinski definition) is 5. The van der Waals surface area contributed by atoms with Crippen LogP contribution in [0.1, 0.15) is 11.9 Å². The lowest BCUT2D eigenvalue weighted by molar-refractivity contribution is -0.390. The van der Waals surface area contributed by atoms with Crippen molar-refractivity contribution in [2.24, 2.45) is 0 Å². The number of aliphatic hydroxyl groups is 5. The van der Waals surface area contributed by atoms with Crippen LogP contribution in [0.5, 0.6) is 0 Å². The average Bonchev–Trinajstić information content (AvgIpc) is 2.80. The third-order valence-electron chi connectivity index (χ3n) is 5.75. The first-order valence-electron chi connectivity index (χ1n) is 10.1. The Morgan fingerprint density at radius 2 is 1.65 bits per heavy atom. The Balaban J connectivity index is 1.55. The lowest BCUT2D eigenvalue weighted by Crippen LogP contribution is -2.66. The Morgan fingerprint density at radius 3 is 2.32 bits per heavy atom. The standard InChI is InChI=1S/C20H28O11/c1-26-19-15(25)17(31-20-14(24)13(23)12(22)10(7-21)28-20)16-11(29-19)8-27-18(30-16)9-5-3-2-4-6-9/h2-6,10-25H,7-8H2,1H3/t10-,11-,12-,13+,14-,15-,16-,17-,18+,19+,20+/m1/s1. The van der Waals surface area contributed by atoms with E-state index in [0.717, 1.165) is 5.56 Å². The largest absolute Gasteiger partial charge is 0.394 e. The molecule has 4 rings (SSSR count). The van der Waals surface area contributed by atoms with Crippen molar-refractivity contribution in [1.82, 2.24) is 0 Å². The molecule has 1 aromatic rings. The summed E-state index contributed by atoms with van der Waals surface area (Å²) in [6.45, 7) is -0.473. The van der Waals surface area contributed by atoms with Crippen molar-refractivity contribution < 1.29 is 54.0 Å². The first-order valence-corrected chi connectivity index (χ1v) is 10.1. The maximum atomic E-state index is 10.8. The van der Waals surface area contributed by atoms with E-state index >= 15 is 0 Å². The van der Waals surface area contributed by atoms with Crippen molar-refractivity contribution in [3.63, 3.8) is 0 Å². The molecule has 31 heavy (non-hydrogen) atoms. The number of aliphatic hydroxyl groups excluding tert-OH is 5. The fraction of sp³-hybridized carbons (Fsp3) is 0.700. The van der Waals surface area contributed by atoms with Crippen molar-refractivity contribution in [1.29, 1.82) is 0 Å². The van der Waals surface area contributed by atoms with Gasteiger partial charge in [-0.1, -0.05) is 30.3 Å². The van der Waals surface area contributed by atoms with E-state index in [4.69, 9.17) is 28.4 Å². The maximum absolute atomic E-state index is 10.8. The SMILES string of the molecule is CO[C@H]1O[C@@H]2CO[C@H](c3ccccc3)O[C@H]2[C@H](O[C@@H]2O[C@H](CO)[C@@H](O)[C@H](O)[C@H]2O)[C@H]1O. The van der Waals surface area contributed by atoms with Crippen molar-refractivity contribution in [3.8, 4) is 0 Å². The van der Waals surface area contributed by atoms with Crippen molar-refractivity contribution in [2.75, 3.05) is 20.3 Å². The van der Waals surface area contributed by atoms with Crippen LogP contribution in [-0.4, -0.2) is 107 Å². The van der Waals surface area contributed by atoms with Crippen LogP contribution in [-0.2, 0) is 28.4 Å². The summed E-state index contributed by atoms with van der Waals surface area (Å²) in [6, 6.07) is 9.19. The van der Waals surface area contributed by atoms with Gasteiger partial charge in [0.1, 0.15) is 48.8 Å². The van der Waals surface area contributed by atoms with Gasteiger partial charge in [0.05, 0.1) is 13.2 Å². The van der Waals surface area contributed by atoms with Gasteiger partial charge >= 0.3 is 0 Å². The van der Waals surface area contributed by atoms with Crippen LogP contribution in [0.15, 0.2) is 30.3 Å². The fourth-order valence-electron chi connectivity index (χ4n) is 4.03. The van der Waals surface area contributed by atoms with E-state index in [9.17, 15) is 25.5 Å². The molecular formula is C20H28O11. The molecule has 11 nitrogen and oxygen atoms in total. The van der Waals surface area contributed by atoms with Crippen LogP contribution in [0.25, 0.3) is 0 Å². The van der Waals surface area contributed by atoms with Crippen LogP contribution >= 0.6 is 0 Å². The molecule has 0 amide bonds. The van der Waals surface area contributed by atoms with Crippen molar-refractivity contribution in [2.45, 2.75) is 67.7 Å². The molecule has 3 heterocycles. The summed E-state index contributed by atoms with van der Waals surface area (Å²) in [5.41, 5.74) is 0.760. The molecule has 174 valence electrons. The van der Waals surface area contributed by atoms with E-state index in [2.05, 4.69) is 0 Å². The van der Waals surface area contributed by atoms with E-state index in [1.165, 1.54) is 7.11 Å². The fourth-order valence-corrected chi connectivity index (χ4v) is 4.03. The quantitative estimate of drug-likeness (QED) is 0.343. The van der Waals surface area contributed by atoms with E-state index in [-0.39, 0.29) is 6.61 Å². The van der Waals surface area contributed by atoms with Gasteiger partial charge < -0.3 is 54.0 Å². The molecule has 3 aliphatic rings. The Bertz CT molecular complexity index is 704. The maximum Gasteiger partial charge on any atom is 0.187 e. The number of hydrogen-bond acceptors (Lipinski definition) is 11. The zero-order valence-corrected chi connectivity index (χ0v) is 16.8. The Hall–Kier alpha value is -1.22. The Labute approximate surface area is 178 Å². The summed E-state index contributed by atoms with van der Waals surface area (Å²) in [4.78, 5) is 0. The summed E-state index contributed by atoms with van der Waals surface area (Å²) in [6.07, 6.45) is -13.1. The first-order chi connectivity index (χ1) is 14.9. The number of ether oxygens (including phenoxy) is 6. The van der Waals surface area contributed by atoms with E-state index in [1.807, 2.05) is 30.3 Å². The molecular weight excluding hydrogens is 416 g/mol. The molecule has 0 saturated carbocycles. The smallest absolute Gasteiger partial charge is 0.187 e. The lowest BCUT2D eigenvalue weighted by atomic mass is 9.96. The highest BCUT2D eigenvalue weighted by Crippen LogP contribution is 2.37. The molecule has 0 unspecified atom stereocenters. The lowest BCUT2D eigenvalue weighted by Gasteiger charge is -2.49. The highest BCUT2D eigenvalue weighted by atomic mass is 16.8. The second-order valence-corrected chi connectivity index (χ2v) is 7.74. The molecule has 0 spiro atoms. The minimum Gasteiger partial charge on any atom is -0.394 e. The zero-order valence-electron chi connectivity index (χ0n) is 16.8. The van der Waals surface area contributed by atoms with Crippen LogP contribution in [0, 0.1) is 0 Å². The van der Waals surface area contributed by atoms with Gasteiger partial charge in [-0.3, -0.25) is 0 Å². The average molecular weight is 444 g/mol. The molecule has 11 heteroatoms. The number of methoxy groups -OCH3 is 1. The number of rotatable bonds is 5. The topological polar surface area (TPSA) is 157 Å². The van der Waals surface area contributed by atoms with E-state index in [1.54, 1.807) is 0 Å². The van der Waals surface area contributed by atoms with Crippen molar-refractivity contribution in [3.05, 3.63) is 35.9 Å². The minimum absolute atomic E-state index is 0.130. The summed E-state index contributed by atoms with van der Waals surface area (Å²) >= 11 is 0. The molecule has 0 aromatic heterocycles. The molecule has 3 aliphatic heterocycles. The molecule has 0 aliphatic carbocycles. The van der Waals surface area contributed by atoms with Gasteiger partial charge in [-0.2, -0.15) is 0 Å². The van der Waals surface area contributed by atoms with Crippen LogP contribution in [0.3, 0.4) is 0 Å². The van der Waals surface area contributed by atoms with Crippen LogP contribution < -0.4 is 0 Å². The van der Waals surface area contributed by atoms with Gasteiger partial charge in [-0.25, -0.2) is 0 Å².